The first-order chi connectivity index (χ1) is 7.63. The van der Waals surface area contributed by atoms with E-state index in [1.807, 2.05) is 0 Å². The maximum absolute atomic E-state index is 10.6. The summed E-state index contributed by atoms with van der Waals surface area (Å²) in [6.45, 7) is 0.0152. The van der Waals surface area contributed by atoms with Gasteiger partial charge in [-0.25, -0.2) is 0 Å². The summed E-state index contributed by atoms with van der Waals surface area (Å²) in [7, 11) is 0. The lowest BCUT2D eigenvalue weighted by Gasteiger charge is -1.91. The van der Waals surface area contributed by atoms with Crippen molar-refractivity contribution < 1.29 is 10.0 Å². The third-order valence-electron chi connectivity index (χ3n) is 2.15. The molecular weight excluding hydrogens is 220 g/mol. The Balaban J connectivity index is 2.59. The lowest BCUT2D eigenvalue weighted by molar-refractivity contribution is -0.384. The summed E-state index contributed by atoms with van der Waals surface area (Å²) < 4.78 is 6.63. The number of non-ortho nitro benzene ring substituents is 1. The zero-order valence-electron chi connectivity index (χ0n) is 8.49. The third kappa shape index (κ3) is 1.55. The van der Waals surface area contributed by atoms with Crippen LogP contribution in [0.3, 0.4) is 0 Å². The Hall–Kier alpha value is -1.59. The molecule has 78 valence electrons. The van der Waals surface area contributed by atoms with Crippen molar-refractivity contribution in [1.82, 2.24) is 4.98 Å². The van der Waals surface area contributed by atoms with E-state index in [1.165, 1.54) is 12.1 Å². The number of H-pyrrole nitrogens is 1. The van der Waals surface area contributed by atoms with Crippen molar-refractivity contribution in [3.05, 3.63) is 39.0 Å². The van der Waals surface area contributed by atoms with Gasteiger partial charge < -0.3 is 10.1 Å². The van der Waals surface area contributed by atoms with Crippen LogP contribution in [0.15, 0.2) is 18.2 Å². The smallest absolute Gasteiger partial charge is 0.270 e. The molecular formula is C9H7ClN2O3. The summed E-state index contributed by atoms with van der Waals surface area (Å²) >= 11 is 6.00. The summed E-state index contributed by atoms with van der Waals surface area (Å²) in [4.78, 5) is 13.0. The molecule has 2 rings (SSSR count). The molecule has 0 atom stereocenters. The molecule has 2 N–H and O–H groups in total. The number of benzene rings is 1. The summed E-state index contributed by atoms with van der Waals surface area (Å²) in [5.41, 5.74) is 1.20. The highest BCUT2D eigenvalue weighted by molar-refractivity contribution is 6.36. The number of nitrogens with zero attached hydrogens (tertiary/aromatic N) is 1. The van der Waals surface area contributed by atoms with E-state index in [0.29, 0.717) is 21.6 Å². The number of aliphatic hydroxyl groups is 1. The van der Waals surface area contributed by atoms with Crippen LogP contribution in [0, 0.1) is 10.1 Å². The molecule has 5 nitrogen and oxygen atoms in total. The van der Waals surface area contributed by atoms with Crippen LogP contribution in [0.2, 0.25) is 5.02 Å². The highest BCUT2D eigenvalue weighted by Crippen LogP contribution is 2.30. The van der Waals surface area contributed by atoms with Gasteiger partial charge >= 0.3 is 0 Å². The van der Waals surface area contributed by atoms with E-state index in [1.54, 1.807) is 6.07 Å². The van der Waals surface area contributed by atoms with Gasteiger partial charge in [-0.05, 0) is 6.07 Å². The molecule has 0 saturated carbocycles. The zero-order valence-corrected chi connectivity index (χ0v) is 8.25. The van der Waals surface area contributed by atoms with Crippen molar-refractivity contribution in [2.45, 2.75) is 6.61 Å². The van der Waals surface area contributed by atoms with Crippen LogP contribution in [-0.2, 0) is 6.61 Å². The van der Waals surface area contributed by atoms with Crippen molar-refractivity contribution in [3.63, 3.8) is 0 Å². The second-order valence-corrected chi connectivity index (χ2v) is 3.43. The van der Waals surface area contributed by atoms with Gasteiger partial charge in [0.05, 0.1) is 22.2 Å². The van der Waals surface area contributed by atoms with Gasteiger partial charge in [0.1, 0.15) is 0 Å². The van der Waals surface area contributed by atoms with Crippen LogP contribution in [0.5, 0.6) is 0 Å². The van der Waals surface area contributed by atoms with Gasteiger partial charge in [-0.2, -0.15) is 0 Å². The molecule has 0 aliphatic rings. The number of nitro benzene ring substituents is 1. The quantitative estimate of drug-likeness (QED) is 0.625. The number of rotatable bonds is 3. The Morgan fingerprint density at radius 2 is 2.47 bits per heavy atom. The van der Waals surface area contributed by atoms with E-state index >= 15 is 0 Å². The van der Waals surface area contributed by atoms with E-state index in [9.17, 15) is 10.1 Å². The molecule has 0 radical (unpaired) electrons. The standard InChI is InChI=1S/C9H7ClN2O3/c10-9-6-3-5(12(14)15)1-2-7(6)11-8(9)4-13/h1-3,11,13H,4H2/i13T. The van der Waals surface area contributed by atoms with Crippen molar-refractivity contribution in [2.24, 2.45) is 0 Å². The molecule has 0 spiro atoms. The number of nitro groups is 1. The number of aromatic nitrogens is 1. The van der Waals surface area contributed by atoms with Crippen LogP contribution >= 0.6 is 11.6 Å². The van der Waals surface area contributed by atoms with Crippen LogP contribution in [-0.4, -0.2) is 16.4 Å². The summed E-state index contributed by atoms with van der Waals surface area (Å²) in [5, 5.41) is 15.7. The lowest BCUT2D eigenvalue weighted by Crippen LogP contribution is -1.86. The predicted molar refractivity (Wildman–Crippen MR) is 55.9 cm³/mol. The number of nitrogens with one attached hydrogen (secondary N) is 1. The average molecular weight is 229 g/mol. The van der Waals surface area contributed by atoms with Crippen LogP contribution in [0.1, 0.15) is 5.69 Å². The molecule has 0 aliphatic carbocycles. The van der Waals surface area contributed by atoms with Crippen LogP contribution in [0.4, 0.5) is 5.69 Å². The highest BCUT2D eigenvalue weighted by atomic mass is 35.5. The predicted octanol–water partition coefficient (Wildman–Crippen LogP) is 2.22. The third-order valence-corrected chi connectivity index (χ3v) is 2.58. The fraction of sp³-hybridized carbons (Fsp3) is 0.111. The molecule has 0 amide bonds. The van der Waals surface area contributed by atoms with E-state index in [2.05, 4.69) is 10.1 Å². The monoisotopic (exact) mass is 228 g/mol. The molecule has 0 saturated heterocycles. The molecule has 15 heavy (non-hydrogen) atoms. The van der Waals surface area contributed by atoms with Crippen LogP contribution in [0.25, 0.3) is 10.9 Å². The Labute approximate surface area is 90.9 Å². The molecule has 2 aromatic rings. The number of aromatic amines is 1. The normalized spacial score (nSPS) is 11.7. The largest absolute Gasteiger partial charge is 0.390 e. The van der Waals surface area contributed by atoms with Gasteiger partial charge in [0.15, 0.2) is 0 Å². The fourth-order valence-electron chi connectivity index (χ4n) is 1.42. The molecule has 1 heterocycles. The molecule has 0 unspecified atom stereocenters. The maximum Gasteiger partial charge on any atom is 0.270 e. The van der Waals surface area contributed by atoms with Crippen molar-refractivity contribution in [1.29, 1.82) is 1.43 Å². The number of hydrogen-bond donors (Lipinski definition) is 2. The molecule has 0 fully saturated rings. The average Bonchev–Trinajstić information content (AvgIpc) is 2.56. The fourth-order valence-corrected chi connectivity index (χ4v) is 1.67. The van der Waals surface area contributed by atoms with E-state index in [-0.39, 0.29) is 12.3 Å². The molecule has 0 bridgehead atoms. The summed E-state index contributed by atoms with van der Waals surface area (Å²) in [6.07, 6.45) is 0. The molecule has 1 aromatic carbocycles. The van der Waals surface area contributed by atoms with Crippen molar-refractivity contribution in [3.8, 4) is 0 Å². The minimum absolute atomic E-state index is 0.0152. The number of fused-ring (bicyclic) bond motifs is 1. The second kappa shape index (κ2) is 3.52. The highest BCUT2D eigenvalue weighted by Gasteiger charge is 2.12. The number of aliphatic hydroxyl groups excluding tert-OH is 1. The van der Waals surface area contributed by atoms with Gasteiger partial charge in [-0.3, -0.25) is 10.1 Å². The Morgan fingerprint density at radius 1 is 1.67 bits per heavy atom. The Kier molecular flexibility index (Phi) is 2.04. The minimum atomic E-state index is -0.483. The first kappa shape index (κ1) is 8.70. The Morgan fingerprint density at radius 3 is 3.13 bits per heavy atom. The number of halogens is 1. The minimum Gasteiger partial charge on any atom is -0.390 e. The van der Waals surface area contributed by atoms with Gasteiger partial charge in [-0.15, -0.1) is 0 Å². The first-order valence-electron chi connectivity index (χ1n) is 4.57. The van der Waals surface area contributed by atoms with E-state index in [4.69, 9.17) is 13.0 Å². The van der Waals surface area contributed by atoms with Crippen molar-refractivity contribution >= 4 is 28.2 Å². The SMILES string of the molecule is [3H]OCc1[nH]c2ccc([N+](=O)[O-])cc2c1Cl. The van der Waals surface area contributed by atoms with E-state index in [0.717, 1.165) is 0 Å². The van der Waals surface area contributed by atoms with Gasteiger partial charge in [0.2, 0.25) is 1.43 Å². The molecule has 6 heteroatoms. The van der Waals surface area contributed by atoms with Gasteiger partial charge in [-0.1, -0.05) is 11.6 Å². The molecule has 0 aliphatic heterocycles. The Bertz CT molecular complexity index is 555. The zero-order chi connectivity index (χ0) is 11.7. The van der Waals surface area contributed by atoms with Gasteiger partial charge in [0.25, 0.3) is 5.69 Å². The second-order valence-electron chi connectivity index (χ2n) is 3.05. The lowest BCUT2D eigenvalue weighted by atomic mass is 10.2. The van der Waals surface area contributed by atoms with Gasteiger partial charge in [0, 0.05) is 23.0 Å². The first-order valence-corrected chi connectivity index (χ1v) is 4.54. The summed E-state index contributed by atoms with van der Waals surface area (Å²) in [5.74, 6) is 0. The number of hydrogen-bond acceptors (Lipinski definition) is 3. The maximum atomic E-state index is 10.6. The topological polar surface area (TPSA) is 79.2 Å². The van der Waals surface area contributed by atoms with E-state index < -0.39 is 4.92 Å². The summed E-state index contributed by atoms with van der Waals surface area (Å²) in [6, 6.07) is 4.36. The van der Waals surface area contributed by atoms with Crippen LogP contribution < -0.4 is 0 Å². The molecule has 1 aromatic heterocycles. The van der Waals surface area contributed by atoms with Crippen molar-refractivity contribution in [2.75, 3.05) is 0 Å².